The minimum absolute atomic E-state index is 0.205. The third-order valence-corrected chi connectivity index (χ3v) is 6.54. The zero-order chi connectivity index (χ0) is 20.0. The molecule has 0 aromatic heterocycles. The number of aryl methyl sites for hydroxylation is 1. The van der Waals surface area contributed by atoms with Gasteiger partial charge in [0.15, 0.2) is 0 Å². The smallest absolute Gasteiger partial charge is 0.274 e. The van der Waals surface area contributed by atoms with Gasteiger partial charge in [-0.05, 0) is 60.4 Å². The Bertz CT molecular complexity index is 1130. The van der Waals surface area contributed by atoms with E-state index in [0.29, 0.717) is 12.0 Å². The number of nitrogens with zero attached hydrogens (tertiary/aromatic N) is 1. The summed E-state index contributed by atoms with van der Waals surface area (Å²) in [6.45, 7) is 0.729. The highest BCUT2D eigenvalue weighted by Gasteiger charge is 2.48. The Morgan fingerprint density at radius 1 is 1.00 bits per heavy atom. The molecule has 0 bridgehead atoms. The van der Waals surface area contributed by atoms with Gasteiger partial charge in [0.05, 0.1) is 11.1 Å². The van der Waals surface area contributed by atoms with Gasteiger partial charge in [0.2, 0.25) is 5.91 Å². The van der Waals surface area contributed by atoms with E-state index < -0.39 is 5.91 Å². The van der Waals surface area contributed by atoms with E-state index >= 15 is 0 Å². The average Bonchev–Trinajstić information content (AvgIpc) is 3.07. The number of nitrogens with one attached hydrogen (secondary N) is 1. The minimum Gasteiger partial charge on any atom is -0.311 e. The fourth-order valence-corrected chi connectivity index (χ4v) is 4.95. The first-order valence-electron chi connectivity index (χ1n) is 9.97. The molecular weight excluding hydrogens is 364 g/mol. The van der Waals surface area contributed by atoms with Crippen LogP contribution in [0.5, 0.6) is 0 Å². The van der Waals surface area contributed by atoms with Gasteiger partial charge in [-0.25, -0.2) is 5.48 Å². The Labute approximate surface area is 168 Å². The molecule has 146 valence electrons. The molecule has 2 N–H and O–H groups in total. The van der Waals surface area contributed by atoms with Crippen LogP contribution in [-0.4, -0.2) is 23.6 Å². The molecule has 0 radical (unpaired) electrons. The Morgan fingerprint density at radius 2 is 1.83 bits per heavy atom. The molecule has 5 rings (SSSR count). The molecule has 29 heavy (non-hydrogen) atoms. The lowest BCUT2D eigenvalue weighted by molar-refractivity contribution is -0.126. The lowest BCUT2D eigenvalue weighted by Gasteiger charge is -2.33. The van der Waals surface area contributed by atoms with Crippen LogP contribution in [0.3, 0.4) is 0 Å². The van der Waals surface area contributed by atoms with Gasteiger partial charge in [-0.15, -0.1) is 0 Å². The topological polar surface area (TPSA) is 69.6 Å². The summed E-state index contributed by atoms with van der Waals surface area (Å²) in [5, 5.41) is 11.1. The van der Waals surface area contributed by atoms with Gasteiger partial charge in [0.25, 0.3) is 5.91 Å². The van der Waals surface area contributed by atoms with Gasteiger partial charge in [-0.1, -0.05) is 42.5 Å². The summed E-state index contributed by atoms with van der Waals surface area (Å²) in [5.41, 5.74) is 4.96. The molecule has 1 fully saturated rings. The number of fused-ring (bicyclic) bond motifs is 2. The molecule has 1 aliphatic heterocycles. The van der Waals surface area contributed by atoms with Crippen molar-refractivity contribution in [2.24, 2.45) is 5.41 Å². The highest BCUT2D eigenvalue weighted by Crippen LogP contribution is 2.46. The summed E-state index contributed by atoms with van der Waals surface area (Å²) in [6.07, 6.45) is 3.08. The van der Waals surface area contributed by atoms with Crippen LogP contribution >= 0.6 is 0 Å². The minimum atomic E-state index is -0.507. The van der Waals surface area contributed by atoms with E-state index in [2.05, 4.69) is 18.2 Å². The van der Waals surface area contributed by atoms with E-state index in [1.807, 2.05) is 41.3 Å². The largest absolute Gasteiger partial charge is 0.311 e. The molecule has 1 heterocycles. The summed E-state index contributed by atoms with van der Waals surface area (Å²) >= 11 is 0. The second-order valence-corrected chi connectivity index (χ2v) is 8.09. The molecule has 5 heteroatoms. The first-order chi connectivity index (χ1) is 14.1. The van der Waals surface area contributed by atoms with Gasteiger partial charge in [0.1, 0.15) is 0 Å². The number of hydrogen-bond acceptors (Lipinski definition) is 3. The Morgan fingerprint density at radius 3 is 2.69 bits per heavy atom. The maximum Gasteiger partial charge on any atom is 0.274 e. The molecule has 1 aliphatic carbocycles. The first kappa shape index (κ1) is 17.9. The molecule has 3 aromatic carbocycles. The summed E-state index contributed by atoms with van der Waals surface area (Å²) in [6, 6.07) is 19.8. The maximum absolute atomic E-state index is 13.6. The number of hydrogen-bond donors (Lipinski definition) is 2. The van der Waals surface area contributed by atoms with Crippen LogP contribution < -0.4 is 10.4 Å². The highest BCUT2D eigenvalue weighted by atomic mass is 16.5. The quantitative estimate of drug-likeness (QED) is 0.519. The molecule has 1 saturated heterocycles. The van der Waals surface area contributed by atoms with E-state index in [4.69, 9.17) is 5.21 Å². The lowest BCUT2D eigenvalue weighted by atomic mass is 9.70. The van der Waals surface area contributed by atoms with Crippen LogP contribution in [-0.2, 0) is 17.6 Å². The lowest BCUT2D eigenvalue weighted by Crippen LogP contribution is -2.39. The van der Waals surface area contributed by atoms with E-state index in [0.717, 1.165) is 53.4 Å². The Balaban J connectivity index is 1.46. The third-order valence-electron chi connectivity index (χ3n) is 6.54. The standard InChI is InChI=1S/C24H22N2O3/c27-22(25-29)18-8-9-19-15-24(11-10-17(19)14-18)12-13-26(23(24)28)21-7-3-5-16-4-1-2-6-20(16)21/h1-9,14,29H,10-13,15H2,(H,25,27). The second-order valence-electron chi connectivity index (χ2n) is 8.09. The number of rotatable bonds is 2. The summed E-state index contributed by atoms with van der Waals surface area (Å²) in [4.78, 5) is 27.2. The number of benzene rings is 3. The van der Waals surface area contributed by atoms with Crippen LogP contribution in [0.2, 0.25) is 0 Å². The molecule has 0 saturated carbocycles. The highest BCUT2D eigenvalue weighted by molar-refractivity contribution is 6.07. The molecule has 1 atom stereocenters. The average molecular weight is 386 g/mol. The van der Waals surface area contributed by atoms with Crippen LogP contribution in [0.15, 0.2) is 60.7 Å². The van der Waals surface area contributed by atoms with Gasteiger partial charge in [-0.3, -0.25) is 14.8 Å². The maximum atomic E-state index is 13.6. The molecule has 2 amide bonds. The van der Waals surface area contributed by atoms with E-state index in [-0.39, 0.29) is 11.3 Å². The van der Waals surface area contributed by atoms with Crippen molar-refractivity contribution in [3.8, 4) is 0 Å². The summed E-state index contributed by atoms with van der Waals surface area (Å²) in [7, 11) is 0. The fourth-order valence-electron chi connectivity index (χ4n) is 4.95. The predicted molar refractivity (Wildman–Crippen MR) is 111 cm³/mol. The van der Waals surface area contributed by atoms with E-state index in [1.165, 1.54) is 0 Å². The van der Waals surface area contributed by atoms with Crippen molar-refractivity contribution < 1.29 is 14.8 Å². The van der Waals surface area contributed by atoms with Crippen molar-refractivity contribution in [3.63, 3.8) is 0 Å². The van der Waals surface area contributed by atoms with E-state index in [9.17, 15) is 9.59 Å². The van der Waals surface area contributed by atoms with Crippen LogP contribution in [0.4, 0.5) is 5.69 Å². The number of carbonyl (C=O) groups is 2. The Kier molecular flexibility index (Phi) is 4.14. The summed E-state index contributed by atoms with van der Waals surface area (Å²) < 4.78 is 0. The second kappa shape index (κ2) is 6.71. The van der Waals surface area contributed by atoms with Crippen molar-refractivity contribution in [1.29, 1.82) is 0 Å². The van der Waals surface area contributed by atoms with Crippen molar-refractivity contribution >= 4 is 28.3 Å². The Hall–Kier alpha value is -3.18. The zero-order valence-corrected chi connectivity index (χ0v) is 16.0. The monoisotopic (exact) mass is 386 g/mol. The molecular formula is C24H22N2O3. The van der Waals surface area contributed by atoms with Gasteiger partial charge in [-0.2, -0.15) is 0 Å². The summed E-state index contributed by atoms with van der Waals surface area (Å²) in [5.74, 6) is -0.302. The van der Waals surface area contributed by atoms with Crippen LogP contribution in [0.1, 0.15) is 34.3 Å². The predicted octanol–water partition coefficient (Wildman–Crippen LogP) is 3.87. The van der Waals surface area contributed by atoms with Crippen molar-refractivity contribution in [2.45, 2.75) is 25.7 Å². The molecule has 2 aliphatic rings. The van der Waals surface area contributed by atoms with Gasteiger partial charge < -0.3 is 4.90 Å². The number of anilines is 1. The van der Waals surface area contributed by atoms with Crippen molar-refractivity contribution in [1.82, 2.24) is 5.48 Å². The molecule has 3 aromatic rings. The fraction of sp³-hybridized carbons (Fsp3) is 0.250. The molecule has 5 nitrogen and oxygen atoms in total. The molecule has 1 spiro atoms. The van der Waals surface area contributed by atoms with Crippen molar-refractivity contribution in [2.75, 3.05) is 11.4 Å². The van der Waals surface area contributed by atoms with Crippen molar-refractivity contribution in [3.05, 3.63) is 77.4 Å². The zero-order valence-electron chi connectivity index (χ0n) is 16.0. The first-order valence-corrected chi connectivity index (χ1v) is 9.97. The number of amides is 2. The number of hydroxylamine groups is 1. The SMILES string of the molecule is O=C(NO)c1ccc2c(c1)CCC1(CCN(c3cccc4ccccc34)C1=O)C2. The van der Waals surface area contributed by atoms with E-state index in [1.54, 1.807) is 11.5 Å². The number of carbonyl (C=O) groups excluding carboxylic acids is 2. The third kappa shape index (κ3) is 2.81. The van der Waals surface area contributed by atoms with Gasteiger partial charge in [0, 0.05) is 17.5 Å². The normalized spacial score (nSPS) is 20.9. The van der Waals surface area contributed by atoms with Gasteiger partial charge >= 0.3 is 0 Å². The van der Waals surface area contributed by atoms with Crippen LogP contribution in [0.25, 0.3) is 10.8 Å². The van der Waals surface area contributed by atoms with Crippen LogP contribution in [0, 0.1) is 5.41 Å². The molecule has 1 unspecified atom stereocenters.